The van der Waals surface area contributed by atoms with Gasteiger partial charge >= 0.3 is 0 Å². The highest BCUT2D eigenvalue weighted by Crippen LogP contribution is 2.21. The predicted molar refractivity (Wildman–Crippen MR) is 50.2 cm³/mol. The summed E-state index contributed by atoms with van der Waals surface area (Å²) in [5, 5.41) is 0. The van der Waals surface area contributed by atoms with E-state index in [1.807, 2.05) is 0 Å². The van der Waals surface area contributed by atoms with Gasteiger partial charge in [0.05, 0.1) is 6.20 Å². The van der Waals surface area contributed by atoms with E-state index >= 15 is 0 Å². The number of halogens is 1. The summed E-state index contributed by atoms with van der Waals surface area (Å²) in [6.45, 7) is 4.31. The molecule has 1 atom stereocenters. The number of nitrogens with zero attached hydrogens (tertiary/aromatic N) is 2. The van der Waals surface area contributed by atoms with Gasteiger partial charge in [-0.15, -0.1) is 0 Å². The molecule has 1 unspecified atom stereocenters. The van der Waals surface area contributed by atoms with Gasteiger partial charge in [0.15, 0.2) is 0 Å². The van der Waals surface area contributed by atoms with Crippen molar-refractivity contribution in [3.63, 3.8) is 0 Å². The minimum absolute atomic E-state index is 0.268. The van der Waals surface area contributed by atoms with E-state index < -0.39 is 0 Å². The van der Waals surface area contributed by atoms with Crippen LogP contribution in [0.15, 0.2) is 18.3 Å². The molecule has 0 aromatic carbocycles. The van der Waals surface area contributed by atoms with E-state index in [1.54, 1.807) is 6.07 Å². The van der Waals surface area contributed by atoms with Crippen molar-refractivity contribution in [1.29, 1.82) is 0 Å². The van der Waals surface area contributed by atoms with E-state index in [4.69, 9.17) is 0 Å². The number of aromatic nitrogens is 1. The van der Waals surface area contributed by atoms with Crippen LogP contribution < -0.4 is 4.90 Å². The zero-order chi connectivity index (χ0) is 9.26. The third kappa shape index (κ3) is 1.79. The van der Waals surface area contributed by atoms with Crippen molar-refractivity contribution in [1.82, 2.24) is 4.98 Å². The van der Waals surface area contributed by atoms with Crippen LogP contribution >= 0.6 is 0 Å². The normalized spacial score (nSPS) is 22.3. The summed E-state index contributed by atoms with van der Waals surface area (Å²) < 4.78 is 12.6. The molecule has 2 rings (SSSR count). The van der Waals surface area contributed by atoms with Crippen molar-refractivity contribution in [2.24, 2.45) is 5.92 Å². The van der Waals surface area contributed by atoms with Crippen molar-refractivity contribution < 1.29 is 4.39 Å². The fraction of sp³-hybridized carbons (Fsp3) is 0.500. The average Bonchev–Trinajstić information content (AvgIpc) is 2.53. The lowest BCUT2D eigenvalue weighted by Crippen LogP contribution is -2.20. The SMILES string of the molecule is CC1CCN(c2ccc(F)cn2)C1. The molecule has 13 heavy (non-hydrogen) atoms. The molecular weight excluding hydrogens is 167 g/mol. The van der Waals surface area contributed by atoms with Gasteiger partial charge in [0.1, 0.15) is 11.6 Å². The third-order valence-electron chi connectivity index (χ3n) is 2.46. The summed E-state index contributed by atoms with van der Waals surface area (Å²) in [7, 11) is 0. The highest BCUT2D eigenvalue weighted by atomic mass is 19.1. The molecule has 1 aliphatic rings. The monoisotopic (exact) mass is 180 g/mol. The Balaban J connectivity index is 2.13. The molecule has 1 aromatic heterocycles. The van der Waals surface area contributed by atoms with Crippen LogP contribution in [-0.4, -0.2) is 18.1 Å². The molecule has 0 spiro atoms. The fourth-order valence-corrected chi connectivity index (χ4v) is 1.70. The zero-order valence-electron chi connectivity index (χ0n) is 7.70. The van der Waals surface area contributed by atoms with Gasteiger partial charge < -0.3 is 4.90 Å². The average molecular weight is 180 g/mol. The first-order valence-corrected chi connectivity index (χ1v) is 4.62. The molecule has 0 saturated carbocycles. The first-order chi connectivity index (χ1) is 6.25. The molecule has 70 valence electrons. The van der Waals surface area contributed by atoms with Crippen LogP contribution in [0.4, 0.5) is 10.2 Å². The van der Waals surface area contributed by atoms with Gasteiger partial charge in [0, 0.05) is 13.1 Å². The summed E-state index contributed by atoms with van der Waals surface area (Å²) in [5.41, 5.74) is 0. The molecular formula is C10H13FN2. The second-order valence-electron chi connectivity index (χ2n) is 3.67. The van der Waals surface area contributed by atoms with Gasteiger partial charge in [-0.05, 0) is 24.5 Å². The second kappa shape index (κ2) is 3.32. The van der Waals surface area contributed by atoms with Gasteiger partial charge in [-0.25, -0.2) is 9.37 Å². The second-order valence-corrected chi connectivity index (χ2v) is 3.67. The van der Waals surface area contributed by atoms with E-state index in [9.17, 15) is 4.39 Å². The minimum atomic E-state index is -0.268. The molecule has 0 aliphatic carbocycles. The predicted octanol–water partition coefficient (Wildman–Crippen LogP) is 2.07. The van der Waals surface area contributed by atoms with Crippen molar-refractivity contribution in [2.45, 2.75) is 13.3 Å². The molecule has 1 saturated heterocycles. The first kappa shape index (κ1) is 8.48. The van der Waals surface area contributed by atoms with E-state index in [1.165, 1.54) is 18.7 Å². The maximum Gasteiger partial charge on any atom is 0.141 e. The maximum absolute atomic E-state index is 12.6. The smallest absolute Gasteiger partial charge is 0.141 e. The van der Waals surface area contributed by atoms with Gasteiger partial charge in [-0.1, -0.05) is 6.92 Å². The van der Waals surface area contributed by atoms with Gasteiger partial charge in [-0.2, -0.15) is 0 Å². The van der Waals surface area contributed by atoms with Crippen LogP contribution in [0.5, 0.6) is 0 Å². The lowest BCUT2D eigenvalue weighted by atomic mass is 10.2. The highest BCUT2D eigenvalue weighted by molar-refractivity contribution is 5.39. The number of anilines is 1. The Labute approximate surface area is 77.4 Å². The van der Waals surface area contributed by atoms with Crippen molar-refractivity contribution in [3.8, 4) is 0 Å². The molecule has 1 aromatic rings. The summed E-state index contributed by atoms with van der Waals surface area (Å²) >= 11 is 0. The van der Waals surface area contributed by atoms with Crippen molar-refractivity contribution >= 4 is 5.82 Å². The Morgan fingerprint density at radius 3 is 2.92 bits per heavy atom. The van der Waals surface area contributed by atoms with Crippen LogP contribution in [0.25, 0.3) is 0 Å². The van der Waals surface area contributed by atoms with Crippen molar-refractivity contribution in [2.75, 3.05) is 18.0 Å². The maximum atomic E-state index is 12.6. The number of hydrogen-bond donors (Lipinski definition) is 0. The third-order valence-corrected chi connectivity index (χ3v) is 2.46. The van der Waals surface area contributed by atoms with Crippen LogP contribution in [0, 0.1) is 11.7 Å². The Hall–Kier alpha value is -1.12. The van der Waals surface area contributed by atoms with Crippen LogP contribution in [0.1, 0.15) is 13.3 Å². The summed E-state index contributed by atoms with van der Waals surface area (Å²) in [4.78, 5) is 6.24. The van der Waals surface area contributed by atoms with Gasteiger partial charge in [0.2, 0.25) is 0 Å². The fourth-order valence-electron chi connectivity index (χ4n) is 1.70. The molecule has 3 heteroatoms. The summed E-state index contributed by atoms with van der Waals surface area (Å²) in [5.74, 6) is 1.36. The highest BCUT2D eigenvalue weighted by Gasteiger charge is 2.19. The molecule has 0 amide bonds. The van der Waals surface area contributed by atoms with Gasteiger partial charge in [-0.3, -0.25) is 0 Å². The summed E-state index contributed by atoms with van der Waals surface area (Å²) in [6.07, 6.45) is 2.48. The lowest BCUT2D eigenvalue weighted by molar-refractivity contribution is 0.620. The standard InChI is InChI=1S/C10H13FN2/c1-8-4-5-13(7-8)10-3-2-9(11)6-12-10/h2-3,6,8H,4-5,7H2,1H3. The Morgan fingerprint density at radius 1 is 1.54 bits per heavy atom. The first-order valence-electron chi connectivity index (χ1n) is 4.62. The largest absolute Gasteiger partial charge is 0.356 e. The summed E-state index contributed by atoms with van der Waals surface area (Å²) in [6, 6.07) is 3.21. The van der Waals surface area contributed by atoms with Gasteiger partial charge in [0.25, 0.3) is 0 Å². The Bertz CT molecular complexity index is 283. The van der Waals surface area contributed by atoms with Crippen LogP contribution in [0.2, 0.25) is 0 Å². The van der Waals surface area contributed by atoms with Crippen LogP contribution in [-0.2, 0) is 0 Å². The van der Waals surface area contributed by atoms with Crippen LogP contribution in [0.3, 0.4) is 0 Å². The zero-order valence-corrected chi connectivity index (χ0v) is 7.70. The Kier molecular flexibility index (Phi) is 2.17. The number of pyridine rings is 1. The Morgan fingerprint density at radius 2 is 2.38 bits per heavy atom. The lowest BCUT2D eigenvalue weighted by Gasteiger charge is -2.16. The molecule has 0 N–H and O–H groups in total. The molecule has 1 aliphatic heterocycles. The number of rotatable bonds is 1. The van der Waals surface area contributed by atoms with Crippen molar-refractivity contribution in [3.05, 3.63) is 24.1 Å². The van der Waals surface area contributed by atoms with E-state index in [2.05, 4.69) is 16.8 Å². The minimum Gasteiger partial charge on any atom is -0.356 e. The molecule has 2 nitrogen and oxygen atoms in total. The molecule has 0 radical (unpaired) electrons. The molecule has 1 fully saturated rings. The van der Waals surface area contributed by atoms with E-state index in [-0.39, 0.29) is 5.82 Å². The quantitative estimate of drug-likeness (QED) is 0.657. The van der Waals surface area contributed by atoms with E-state index in [0.717, 1.165) is 24.8 Å². The number of hydrogen-bond acceptors (Lipinski definition) is 2. The molecule has 2 heterocycles. The van der Waals surface area contributed by atoms with E-state index in [0.29, 0.717) is 0 Å². The topological polar surface area (TPSA) is 16.1 Å². The molecule has 0 bridgehead atoms.